The van der Waals surface area contributed by atoms with Crippen molar-refractivity contribution in [1.29, 1.82) is 0 Å². The lowest BCUT2D eigenvalue weighted by Gasteiger charge is -2.51. The second-order valence-corrected chi connectivity index (χ2v) is 20.4. The Labute approximate surface area is 342 Å². The highest BCUT2D eigenvalue weighted by molar-refractivity contribution is 5.71. The lowest BCUT2D eigenvalue weighted by Crippen LogP contribution is -2.65. The zero-order valence-corrected chi connectivity index (χ0v) is 36.4. The van der Waals surface area contributed by atoms with Crippen LogP contribution in [0.5, 0.6) is 0 Å². The van der Waals surface area contributed by atoms with Gasteiger partial charge in [0.1, 0.15) is 5.41 Å². The number of rotatable bonds is 13. The molecule has 0 aromatic heterocycles. The fourth-order valence-corrected chi connectivity index (χ4v) is 10.3. The minimum Gasteiger partial charge on any atom is -0.326 e. The number of halogens is 3. The fraction of sp³-hybridized carbons (Fsp3) is 0.529. The molecule has 3 nitrogen and oxygen atoms in total. The highest BCUT2D eigenvalue weighted by atomic mass is 19.4. The van der Waals surface area contributed by atoms with Crippen molar-refractivity contribution >= 4 is 0 Å². The Morgan fingerprint density at radius 2 is 1.07 bits per heavy atom. The number of quaternary nitrogens is 2. The van der Waals surface area contributed by atoms with E-state index in [9.17, 15) is 13.2 Å². The highest BCUT2D eigenvalue weighted by Gasteiger charge is 2.53. The number of nitrogens with zero attached hydrogens (tertiary/aromatic N) is 2. The maximum Gasteiger partial charge on any atom is 0.402 e. The van der Waals surface area contributed by atoms with Gasteiger partial charge < -0.3 is 14.3 Å². The van der Waals surface area contributed by atoms with Crippen molar-refractivity contribution in [3.8, 4) is 22.3 Å². The third kappa shape index (κ3) is 9.89. The van der Waals surface area contributed by atoms with Crippen LogP contribution in [-0.2, 0) is 10.8 Å². The zero-order valence-electron chi connectivity index (χ0n) is 36.4. The molecule has 0 bridgehead atoms. The molecule has 6 heteroatoms. The number of hydrogen-bond donors (Lipinski definition) is 1. The SMILES string of the molecule is CC1(C)CC([N+](C)(C)CCCCCC[N+]2(C)CCC(C)(c3ccc(-c4ccc(-c5ccc(C(C)(c6ccccc6)C(F)(F)F)cc5)cc4)cc3)CC2)CC(C)(C)N1. The molecule has 6 rings (SSSR count). The molecule has 2 fully saturated rings. The molecular weight excluding hydrogens is 712 g/mol. The summed E-state index contributed by atoms with van der Waals surface area (Å²) in [6.07, 6.45) is 5.77. The Kier molecular flexibility index (Phi) is 12.3. The first kappa shape index (κ1) is 43.1. The Balaban J connectivity index is 0.979. The third-order valence-electron chi connectivity index (χ3n) is 14.3. The molecule has 0 saturated carbocycles. The molecule has 308 valence electrons. The van der Waals surface area contributed by atoms with Crippen molar-refractivity contribution in [2.75, 3.05) is 47.3 Å². The molecule has 1 atom stereocenters. The van der Waals surface area contributed by atoms with E-state index in [0.717, 1.165) is 21.2 Å². The molecule has 1 unspecified atom stereocenters. The molecule has 0 spiro atoms. The molecular formula is C51H70F3N3+2. The van der Waals surface area contributed by atoms with Gasteiger partial charge in [0.2, 0.25) is 0 Å². The van der Waals surface area contributed by atoms with Crippen LogP contribution in [0.15, 0.2) is 103 Å². The van der Waals surface area contributed by atoms with Crippen molar-refractivity contribution < 1.29 is 22.1 Å². The average molecular weight is 782 g/mol. The Morgan fingerprint density at radius 1 is 0.632 bits per heavy atom. The van der Waals surface area contributed by atoms with E-state index in [1.54, 1.807) is 54.6 Å². The average Bonchev–Trinajstić information content (AvgIpc) is 3.16. The Bertz CT molecular complexity index is 1890. The van der Waals surface area contributed by atoms with Gasteiger partial charge in [-0.3, -0.25) is 0 Å². The van der Waals surface area contributed by atoms with E-state index in [2.05, 4.69) is 110 Å². The van der Waals surface area contributed by atoms with Gasteiger partial charge in [-0.2, -0.15) is 13.2 Å². The summed E-state index contributed by atoms with van der Waals surface area (Å²) in [4.78, 5) is 0. The molecule has 1 N–H and O–H groups in total. The van der Waals surface area contributed by atoms with Gasteiger partial charge in [-0.25, -0.2) is 0 Å². The smallest absolute Gasteiger partial charge is 0.326 e. The highest BCUT2D eigenvalue weighted by Crippen LogP contribution is 2.46. The van der Waals surface area contributed by atoms with Crippen LogP contribution >= 0.6 is 0 Å². The normalized spacial score (nSPS) is 23.9. The van der Waals surface area contributed by atoms with E-state index in [1.807, 2.05) is 0 Å². The summed E-state index contributed by atoms with van der Waals surface area (Å²) in [5, 5.41) is 3.86. The summed E-state index contributed by atoms with van der Waals surface area (Å²) in [5.41, 5.74) is 4.59. The van der Waals surface area contributed by atoms with Gasteiger partial charge in [0.05, 0.1) is 53.4 Å². The van der Waals surface area contributed by atoms with Crippen molar-refractivity contribution in [2.45, 2.75) is 127 Å². The number of unbranched alkanes of at least 4 members (excludes halogenated alkanes) is 3. The lowest BCUT2D eigenvalue weighted by atomic mass is 9.73. The first-order chi connectivity index (χ1) is 26.6. The van der Waals surface area contributed by atoms with Crippen LogP contribution in [0.25, 0.3) is 22.3 Å². The molecule has 0 amide bonds. The maximum atomic E-state index is 14.5. The number of nitrogens with one attached hydrogen (secondary N) is 1. The van der Waals surface area contributed by atoms with E-state index in [0.29, 0.717) is 6.04 Å². The zero-order chi connectivity index (χ0) is 41.3. The summed E-state index contributed by atoms with van der Waals surface area (Å²) in [6, 6.07) is 33.3. The first-order valence-corrected chi connectivity index (χ1v) is 21.5. The van der Waals surface area contributed by atoms with Gasteiger partial charge >= 0.3 is 6.18 Å². The second-order valence-electron chi connectivity index (χ2n) is 20.4. The van der Waals surface area contributed by atoms with Crippen molar-refractivity contribution in [3.63, 3.8) is 0 Å². The van der Waals surface area contributed by atoms with Crippen molar-refractivity contribution in [2.24, 2.45) is 0 Å². The van der Waals surface area contributed by atoms with Crippen molar-refractivity contribution in [3.05, 3.63) is 120 Å². The van der Waals surface area contributed by atoms with Gasteiger partial charge in [-0.05, 0) is 99.2 Å². The summed E-state index contributed by atoms with van der Waals surface area (Å²) < 4.78 is 45.7. The predicted molar refractivity (Wildman–Crippen MR) is 233 cm³/mol. The first-order valence-electron chi connectivity index (χ1n) is 21.5. The summed E-state index contributed by atoms with van der Waals surface area (Å²) in [7, 11) is 7.40. The quantitative estimate of drug-likeness (QED) is 0.105. The predicted octanol–water partition coefficient (Wildman–Crippen LogP) is 12.3. The van der Waals surface area contributed by atoms with Crippen LogP contribution in [0.4, 0.5) is 13.2 Å². The molecule has 4 aromatic carbocycles. The second kappa shape index (κ2) is 16.3. The van der Waals surface area contributed by atoms with E-state index >= 15 is 0 Å². The summed E-state index contributed by atoms with van der Waals surface area (Å²) >= 11 is 0. The molecule has 2 aliphatic heterocycles. The molecule has 2 saturated heterocycles. The van der Waals surface area contributed by atoms with Gasteiger partial charge in [0, 0.05) is 42.2 Å². The van der Waals surface area contributed by atoms with Crippen LogP contribution in [-0.4, -0.2) is 79.6 Å². The van der Waals surface area contributed by atoms with Gasteiger partial charge in [-0.1, -0.05) is 110 Å². The van der Waals surface area contributed by atoms with E-state index < -0.39 is 11.6 Å². The van der Waals surface area contributed by atoms with Crippen LogP contribution in [0.2, 0.25) is 0 Å². The molecule has 0 radical (unpaired) electrons. The van der Waals surface area contributed by atoms with Crippen LogP contribution in [0.1, 0.15) is 110 Å². The minimum absolute atomic E-state index is 0.191. The number of alkyl halides is 3. The summed E-state index contributed by atoms with van der Waals surface area (Å²) in [5.74, 6) is 0. The van der Waals surface area contributed by atoms with E-state index in [4.69, 9.17) is 0 Å². The Morgan fingerprint density at radius 3 is 1.56 bits per heavy atom. The molecule has 2 aliphatic rings. The van der Waals surface area contributed by atoms with E-state index in [1.165, 1.54) is 100 Å². The number of piperidine rings is 2. The fourth-order valence-electron chi connectivity index (χ4n) is 10.3. The topological polar surface area (TPSA) is 12.0 Å². The molecule has 57 heavy (non-hydrogen) atoms. The molecule has 0 aliphatic carbocycles. The standard InChI is InChI=1S/C51H70F3N3/c1-47(2)37-46(38-48(3,4)55-47)56(7,8)33-15-10-11-16-34-57(9)35-31-49(5,32-36-57)43-27-23-41(24-28-43)39-19-21-40(22-20-39)42-25-29-45(30-26-42)50(6,51(52,53)54)44-17-13-12-14-18-44/h12-14,17-30,46,55H,10-11,15-16,31-38H2,1-9H3/q+2. The van der Waals surface area contributed by atoms with Gasteiger partial charge in [-0.15, -0.1) is 0 Å². The summed E-state index contributed by atoms with van der Waals surface area (Å²) in [6.45, 7) is 18.2. The Hall–Kier alpha value is -3.45. The lowest BCUT2D eigenvalue weighted by molar-refractivity contribution is -0.917. The largest absolute Gasteiger partial charge is 0.402 e. The monoisotopic (exact) mass is 782 g/mol. The third-order valence-corrected chi connectivity index (χ3v) is 14.3. The maximum absolute atomic E-state index is 14.5. The van der Waals surface area contributed by atoms with Gasteiger partial charge in [0.25, 0.3) is 0 Å². The van der Waals surface area contributed by atoms with E-state index in [-0.39, 0.29) is 27.6 Å². The van der Waals surface area contributed by atoms with Crippen molar-refractivity contribution in [1.82, 2.24) is 5.32 Å². The van der Waals surface area contributed by atoms with Crippen LogP contribution < -0.4 is 5.32 Å². The van der Waals surface area contributed by atoms with Gasteiger partial charge in [0.15, 0.2) is 0 Å². The van der Waals surface area contributed by atoms with Crippen LogP contribution in [0, 0.1) is 0 Å². The minimum atomic E-state index is -4.43. The number of likely N-dealkylation sites (tertiary alicyclic amines) is 1. The number of benzene rings is 4. The number of hydrogen-bond acceptors (Lipinski definition) is 1. The van der Waals surface area contributed by atoms with Crippen LogP contribution in [0.3, 0.4) is 0 Å². The molecule has 2 heterocycles. The molecule has 4 aromatic rings.